The fourth-order valence-electron chi connectivity index (χ4n) is 1.45. The fraction of sp³-hybridized carbons (Fsp3) is 0.182. The molecule has 0 spiro atoms. The highest BCUT2D eigenvalue weighted by atomic mass is 35.5. The van der Waals surface area contributed by atoms with E-state index in [4.69, 9.17) is 17.3 Å². The number of hydrogen-bond donors (Lipinski definition) is 1. The van der Waals surface area contributed by atoms with Crippen LogP contribution in [0.25, 0.3) is 11.3 Å². The van der Waals surface area contributed by atoms with Crippen molar-refractivity contribution in [2.45, 2.75) is 11.1 Å². The summed E-state index contributed by atoms with van der Waals surface area (Å²) in [5.41, 5.74) is 6.71. The first-order chi connectivity index (χ1) is 8.44. The summed E-state index contributed by atoms with van der Waals surface area (Å²) in [6, 6.07) is 6.83. The SMILES string of the molecule is CCS(=O)(=O)c1sc(N)nc1-c1ccc(Cl)cc1. The highest BCUT2D eigenvalue weighted by Crippen LogP contribution is 2.34. The minimum atomic E-state index is -3.32. The number of nitrogen functional groups attached to an aromatic ring is 1. The Labute approximate surface area is 114 Å². The van der Waals surface area contributed by atoms with Gasteiger partial charge in [0.2, 0.25) is 0 Å². The Morgan fingerprint density at radius 1 is 1.33 bits per heavy atom. The Morgan fingerprint density at radius 3 is 2.50 bits per heavy atom. The molecule has 4 nitrogen and oxygen atoms in total. The number of benzene rings is 1. The molecule has 18 heavy (non-hydrogen) atoms. The van der Waals surface area contributed by atoms with Crippen molar-refractivity contribution in [2.75, 3.05) is 11.5 Å². The van der Waals surface area contributed by atoms with Gasteiger partial charge in [-0.05, 0) is 12.1 Å². The molecule has 7 heteroatoms. The monoisotopic (exact) mass is 302 g/mol. The Kier molecular flexibility index (Phi) is 3.61. The van der Waals surface area contributed by atoms with E-state index in [9.17, 15) is 8.42 Å². The summed E-state index contributed by atoms with van der Waals surface area (Å²) in [4.78, 5) is 4.10. The molecule has 0 bridgehead atoms. The number of aromatic nitrogens is 1. The topological polar surface area (TPSA) is 73.0 Å². The smallest absolute Gasteiger partial charge is 0.189 e. The number of rotatable bonds is 3. The summed E-state index contributed by atoms with van der Waals surface area (Å²) in [6.45, 7) is 1.59. The zero-order valence-corrected chi connectivity index (χ0v) is 11.9. The summed E-state index contributed by atoms with van der Waals surface area (Å²) in [7, 11) is -3.32. The highest BCUT2D eigenvalue weighted by molar-refractivity contribution is 7.93. The minimum Gasteiger partial charge on any atom is -0.375 e. The van der Waals surface area contributed by atoms with Gasteiger partial charge in [0.05, 0.1) is 5.75 Å². The van der Waals surface area contributed by atoms with E-state index in [0.29, 0.717) is 16.3 Å². The number of nitrogens with zero attached hydrogens (tertiary/aromatic N) is 1. The van der Waals surface area contributed by atoms with Crippen molar-refractivity contribution in [1.29, 1.82) is 0 Å². The number of thiazole rings is 1. The zero-order valence-electron chi connectivity index (χ0n) is 9.55. The van der Waals surface area contributed by atoms with Gasteiger partial charge in [0.1, 0.15) is 9.90 Å². The molecule has 0 aliphatic carbocycles. The average Bonchev–Trinajstić information content (AvgIpc) is 2.73. The molecule has 0 amide bonds. The fourth-order valence-corrected chi connectivity index (χ4v) is 4.00. The van der Waals surface area contributed by atoms with Crippen molar-refractivity contribution < 1.29 is 8.42 Å². The van der Waals surface area contributed by atoms with E-state index in [1.165, 1.54) is 0 Å². The number of sulfone groups is 1. The minimum absolute atomic E-state index is 0.0230. The van der Waals surface area contributed by atoms with Crippen molar-refractivity contribution in [3.05, 3.63) is 29.3 Å². The molecule has 2 N–H and O–H groups in total. The van der Waals surface area contributed by atoms with Crippen LogP contribution in [0.5, 0.6) is 0 Å². The molecule has 1 aromatic heterocycles. The highest BCUT2D eigenvalue weighted by Gasteiger charge is 2.22. The number of anilines is 1. The maximum atomic E-state index is 12.0. The van der Waals surface area contributed by atoms with E-state index in [1.807, 2.05) is 0 Å². The summed E-state index contributed by atoms with van der Waals surface area (Å²) >= 11 is 6.79. The first-order valence-corrected chi connectivity index (χ1v) is 8.03. The van der Waals surface area contributed by atoms with Crippen molar-refractivity contribution >= 4 is 37.9 Å². The predicted octanol–water partition coefficient (Wildman–Crippen LogP) is 2.84. The van der Waals surface area contributed by atoms with Gasteiger partial charge in [-0.2, -0.15) is 0 Å². The Hall–Kier alpha value is -1.11. The molecule has 0 saturated carbocycles. The van der Waals surface area contributed by atoms with Gasteiger partial charge in [-0.3, -0.25) is 0 Å². The Balaban J connectivity index is 2.62. The van der Waals surface area contributed by atoms with Gasteiger partial charge < -0.3 is 5.73 Å². The van der Waals surface area contributed by atoms with Crippen LogP contribution in [0.3, 0.4) is 0 Å². The van der Waals surface area contributed by atoms with Crippen LogP contribution in [0.1, 0.15) is 6.92 Å². The molecule has 0 saturated heterocycles. The van der Waals surface area contributed by atoms with Gasteiger partial charge in [-0.1, -0.05) is 42.0 Å². The third-order valence-corrected chi connectivity index (χ3v) is 5.85. The van der Waals surface area contributed by atoms with Crippen LogP contribution in [0.2, 0.25) is 5.02 Å². The largest absolute Gasteiger partial charge is 0.375 e. The molecular weight excluding hydrogens is 292 g/mol. The molecule has 1 aromatic carbocycles. The molecule has 1 heterocycles. The number of halogens is 1. The number of hydrogen-bond acceptors (Lipinski definition) is 5. The van der Waals surface area contributed by atoms with E-state index in [2.05, 4.69) is 4.98 Å². The summed E-state index contributed by atoms with van der Waals surface area (Å²) in [5, 5.41) is 0.828. The second-order valence-corrected chi connectivity index (χ2v) is 7.54. The molecule has 2 rings (SSSR count). The molecule has 0 radical (unpaired) electrons. The molecular formula is C11H11ClN2O2S2. The standard InChI is InChI=1S/C11H11ClN2O2S2/c1-2-18(15,16)10-9(14-11(13)17-10)7-3-5-8(12)6-4-7/h3-6H,2H2,1H3,(H2,13,14). The molecule has 96 valence electrons. The van der Waals surface area contributed by atoms with Crippen molar-refractivity contribution in [2.24, 2.45) is 0 Å². The second-order valence-electron chi connectivity index (χ2n) is 3.60. The zero-order chi connectivity index (χ0) is 13.3. The van der Waals surface area contributed by atoms with E-state index in [0.717, 1.165) is 11.3 Å². The van der Waals surface area contributed by atoms with Gasteiger partial charge in [0.15, 0.2) is 15.0 Å². The number of nitrogens with two attached hydrogens (primary N) is 1. The van der Waals surface area contributed by atoms with Crippen molar-refractivity contribution in [3.63, 3.8) is 0 Å². The first-order valence-electron chi connectivity index (χ1n) is 5.19. The van der Waals surface area contributed by atoms with Crippen LogP contribution in [0, 0.1) is 0 Å². The van der Waals surface area contributed by atoms with Crippen LogP contribution in [0.15, 0.2) is 28.5 Å². The molecule has 0 fully saturated rings. The summed E-state index contributed by atoms with van der Waals surface area (Å²) < 4.78 is 24.1. The van der Waals surface area contributed by atoms with Crippen molar-refractivity contribution in [3.8, 4) is 11.3 Å². The van der Waals surface area contributed by atoms with Gasteiger partial charge in [-0.15, -0.1) is 0 Å². The maximum Gasteiger partial charge on any atom is 0.189 e. The molecule has 2 aromatic rings. The van der Waals surface area contributed by atoms with Crippen molar-refractivity contribution in [1.82, 2.24) is 4.98 Å². The maximum absolute atomic E-state index is 12.0. The third kappa shape index (κ3) is 2.50. The summed E-state index contributed by atoms with van der Waals surface area (Å²) in [5.74, 6) is 0.0230. The summed E-state index contributed by atoms with van der Waals surface area (Å²) in [6.07, 6.45) is 0. The lowest BCUT2D eigenvalue weighted by atomic mass is 10.2. The quantitative estimate of drug-likeness (QED) is 0.946. The van der Waals surface area contributed by atoms with Crippen LogP contribution < -0.4 is 5.73 Å². The third-order valence-electron chi connectivity index (χ3n) is 2.39. The van der Waals surface area contributed by atoms with E-state index < -0.39 is 9.84 Å². The van der Waals surface area contributed by atoms with Crippen LogP contribution in [-0.4, -0.2) is 19.2 Å². The van der Waals surface area contributed by atoms with Gasteiger partial charge in [0.25, 0.3) is 0 Å². The average molecular weight is 303 g/mol. The normalized spacial score (nSPS) is 11.7. The molecule has 0 unspecified atom stereocenters. The predicted molar refractivity (Wildman–Crippen MR) is 74.7 cm³/mol. The molecule has 0 atom stereocenters. The second kappa shape index (κ2) is 4.87. The lowest BCUT2D eigenvalue weighted by Crippen LogP contribution is -2.02. The van der Waals surface area contributed by atoms with Gasteiger partial charge >= 0.3 is 0 Å². The van der Waals surface area contributed by atoms with Crippen LogP contribution in [0.4, 0.5) is 5.13 Å². The van der Waals surface area contributed by atoms with Crippen LogP contribution >= 0.6 is 22.9 Å². The first kappa shape index (κ1) is 13.3. The van der Waals surface area contributed by atoms with E-state index in [-0.39, 0.29) is 15.1 Å². The van der Waals surface area contributed by atoms with E-state index in [1.54, 1.807) is 31.2 Å². The van der Waals surface area contributed by atoms with E-state index >= 15 is 0 Å². The molecule has 0 aliphatic heterocycles. The Morgan fingerprint density at radius 2 is 1.94 bits per heavy atom. The molecule has 0 aliphatic rings. The van der Waals surface area contributed by atoms with Gasteiger partial charge in [-0.25, -0.2) is 13.4 Å². The van der Waals surface area contributed by atoms with Gasteiger partial charge in [0, 0.05) is 10.6 Å². The lowest BCUT2D eigenvalue weighted by Gasteiger charge is -2.02. The Bertz CT molecular complexity index is 663. The lowest BCUT2D eigenvalue weighted by molar-refractivity contribution is 0.599. The van der Waals surface area contributed by atoms with Crippen LogP contribution in [-0.2, 0) is 9.84 Å².